The third-order valence-corrected chi connectivity index (χ3v) is 2.85. The van der Waals surface area contributed by atoms with E-state index in [0.29, 0.717) is 44.2 Å². The minimum Gasteiger partial charge on any atom is -0.497 e. The van der Waals surface area contributed by atoms with E-state index in [9.17, 15) is 10.0 Å². The molecule has 0 atom stereocenters. The highest BCUT2D eigenvalue weighted by Gasteiger charge is 2.17. The Balaban J connectivity index is 2.27. The molecule has 0 unspecified atom stereocenters. The van der Waals surface area contributed by atoms with E-state index in [1.165, 1.54) is 7.11 Å². The second kappa shape index (κ2) is 10.6. The maximum atomic E-state index is 9.28. The summed E-state index contributed by atoms with van der Waals surface area (Å²) in [4.78, 5) is 0. The maximum absolute atomic E-state index is 9.28. The van der Waals surface area contributed by atoms with Gasteiger partial charge in [0, 0.05) is 25.8 Å². The molecule has 1 rings (SSSR count). The van der Waals surface area contributed by atoms with Gasteiger partial charge in [-0.25, -0.2) is 0 Å². The minimum atomic E-state index is -1.57. The van der Waals surface area contributed by atoms with Crippen molar-refractivity contribution in [1.29, 1.82) is 0 Å². The molecule has 7 heteroatoms. The fourth-order valence-electron chi connectivity index (χ4n) is 1.79. The van der Waals surface area contributed by atoms with E-state index in [1.807, 2.05) is 6.07 Å². The molecule has 0 spiro atoms. The third kappa shape index (κ3) is 6.92. The molecule has 118 valence electrons. The van der Waals surface area contributed by atoms with Crippen molar-refractivity contribution >= 4 is 12.6 Å². The largest absolute Gasteiger partial charge is 0.497 e. The van der Waals surface area contributed by atoms with E-state index < -0.39 is 7.12 Å². The van der Waals surface area contributed by atoms with Crippen LogP contribution in [0.25, 0.3) is 0 Å². The second-order valence-corrected chi connectivity index (χ2v) is 4.46. The quantitative estimate of drug-likeness (QED) is 0.440. The molecular weight excluding hydrogens is 275 g/mol. The van der Waals surface area contributed by atoms with E-state index >= 15 is 0 Å². The summed E-state index contributed by atoms with van der Waals surface area (Å²) in [5, 5.41) is 18.6. The van der Waals surface area contributed by atoms with Gasteiger partial charge in [0.25, 0.3) is 0 Å². The first-order valence-corrected chi connectivity index (χ1v) is 6.86. The maximum Gasteiger partial charge on any atom is 0.492 e. The van der Waals surface area contributed by atoms with Gasteiger partial charge in [-0.05, 0) is 18.1 Å². The van der Waals surface area contributed by atoms with Crippen molar-refractivity contribution in [2.75, 3.05) is 40.6 Å². The van der Waals surface area contributed by atoms with Gasteiger partial charge in [-0.2, -0.15) is 0 Å². The highest BCUT2D eigenvalue weighted by Crippen LogP contribution is 2.10. The molecule has 2 N–H and O–H groups in total. The average Bonchev–Trinajstić information content (AvgIpc) is 2.49. The lowest BCUT2D eigenvalue weighted by atomic mass is 9.79. The highest BCUT2D eigenvalue weighted by molar-refractivity contribution is 6.59. The summed E-state index contributed by atoms with van der Waals surface area (Å²) < 4.78 is 20.8. The number of hydrogen-bond donors (Lipinski definition) is 2. The Hall–Kier alpha value is -1.12. The molecule has 1 aromatic carbocycles. The summed E-state index contributed by atoms with van der Waals surface area (Å²) in [5.74, 6) is 0.440. The molecule has 0 aliphatic carbocycles. The number of benzene rings is 1. The van der Waals surface area contributed by atoms with Crippen molar-refractivity contribution in [2.45, 2.75) is 13.0 Å². The molecule has 0 aromatic heterocycles. The summed E-state index contributed by atoms with van der Waals surface area (Å²) in [6, 6.07) is 5.17. The zero-order valence-electron chi connectivity index (χ0n) is 12.6. The summed E-state index contributed by atoms with van der Waals surface area (Å²) in [7, 11) is 1.58. The Kier molecular flexibility index (Phi) is 9.04. The number of rotatable bonds is 11. The zero-order valence-corrected chi connectivity index (χ0v) is 12.6. The van der Waals surface area contributed by atoms with Crippen LogP contribution in [0.1, 0.15) is 12.0 Å². The van der Waals surface area contributed by atoms with E-state index in [2.05, 4.69) is 0 Å². The standard InChI is InChI=1S/C14H23BO6/c1-18-6-3-7-20-8-9-21-11-12-4-5-14(19-2)13(10-12)15(16)17/h4-5,10,16-17H,3,6-9,11H2,1-2H3. The molecule has 0 aliphatic rings. The van der Waals surface area contributed by atoms with Gasteiger partial charge >= 0.3 is 7.12 Å². The lowest BCUT2D eigenvalue weighted by molar-refractivity contribution is 0.0337. The smallest absolute Gasteiger partial charge is 0.492 e. The molecule has 1 aromatic rings. The summed E-state index contributed by atoms with van der Waals surface area (Å²) in [6.07, 6.45) is 0.868. The van der Waals surface area contributed by atoms with E-state index in [4.69, 9.17) is 18.9 Å². The van der Waals surface area contributed by atoms with Crippen LogP contribution in [-0.2, 0) is 20.8 Å². The van der Waals surface area contributed by atoms with Crippen LogP contribution in [0.4, 0.5) is 0 Å². The van der Waals surface area contributed by atoms with Gasteiger partial charge in [0.05, 0.1) is 26.9 Å². The van der Waals surface area contributed by atoms with Crippen LogP contribution in [-0.4, -0.2) is 57.8 Å². The van der Waals surface area contributed by atoms with Crippen molar-refractivity contribution < 1.29 is 29.0 Å². The molecule has 0 aliphatic heterocycles. The predicted octanol–water partition coefficient (Wildman–Crippen LogP) is -0.0553. The van der Waals surface area contributed by atoms with Gasteiger partial charge in [-0.3, -0.25) is 0 Å². The van der Waals surface area contributed by atoms with Crippen molar-refractivity contribution in [3.05, 3.63) is 23.8 Å². The Morgan fingerprint density at radius 2 is 1.76 bits per heavy atom. The summed E-state index contributed by atoms with van der Waals surface area (Å²) in [6.45, 7) is 2.73. The SMILES string of the molecule is COCCCOCCOCc1ccc(OC)c(B(O)O)c1. The molecule has 0 saturated heterocycles. The first kappa shape index (κ1) is 17.9. The normalized spacial score (nSPS) is 10.7. The summed E-state index contributed by atoms with van der Waals surface area (Å²) in [5.41, 5.74) is 1.17. The van der Waals surface area contributed by atoms with Crippen LogP contribution in [0.2, 0.25) is 0 Å². The lowest BCUT2D eigenvalue weighted by Crippen LogP contribution is -2.31. The second-order valence-electron chi connectivity index (χ2n) is 4.46. The molecule has 21 heavy (non-hydrogen) atoms. The topological polar surface area (TPSA) is 77.4 Å². The van der Waals surface area contributed by atoms with Crippen LogP contribution in [0.15, 0.2) is 18.2 Å². The Bertz CT molecular complexity index is 399. The van der Waals surface area contributed by atoms with Crippen molar-refractivity contribution in [1.82, 2.24) is 0 Å². The highest BCUT2D eigenvalue weighted by atomic mass is 16.5. The molecular formula is C14H23BO6. The molecule has 0 radical (unpaired) electrons. The Morgan fingerprint density at radius 1 is 1.00 bits per heavy atom. The Morgan fingerprint density at radius 3 is 2.43 bits per heavy atom. The minimum absolute atomic E-state index is 0.328. The Labute approximate surface area is 125 Å². The molecule has 0 saturated carbocycles. The van der Waals surface area contributed by atoms with Crippen LogP contribution in [0.5, 0.6) is 5.75 Å². The molecule has 0 fully saturated rings. The fraction of sp³-hybridized carbons (Fsp3) is 0.571. The van der Waals surface area contributed by atoms with Gasteiger partial charge in [0.2, 0.25) is 0 Å². The van der Waals surface area contributed by atoms with E-state index in [0.717, 1.165) is 12.0 Å². The first-order chi connectivity index (χ1) is 10.2. The summed E-state index contributed by atoms with van der Waals surface area (Å²) >= 11 is 0. The number of ether oxygens (including phenoxy) is 4. The van der Waals surface area contributed by atoms with E-state index in [-0.39, 0.29) is 0 Å². The van der Waals surface area contributed by atoms with Crippen molar-refractivity contribution in [3.63, 3.8) is 0 Å². The lowest BCUT2D eigenvalue weighted by Gasteiger charge is -2.10. The van der Waals surface area contributed by atoms with Gasteiger partial charge in [-0.1, -0.05) is 12.1 Å². The fourth-order valence-corrected chi connectivity index (χ4v) is 1.79. The number of methoxy groups -OCH3 is 2. The zero-order chi connectivity index (χ0) is 15.5. The number of hydrogen-bond acceptors (Lipinski definition) is 6. The van der Waals surface area contributed by atoms with Gasteiger partial charge in [0.15, 0.2) is 0 Å². The molecule has 0 bridgehead atoms. The van der Waals surface area contributed by atoms with Gasteiger partial charge < -0.3 is 29.0 Å². The molecule has 0 amide bonds. The molecule has 6 nitrogen and oxygen atoms in total. The average molecular weight is 298 g/mol. The van der Waals surface area contributed by atoms with Crippen LogP contribution >= 0.6 is 0 Å². The van der Waals surface area contributed by atoms with Crippen LogP contribution in [0, 0.1) is 0 Å². The van der Waals surface area contributed by atoms with Gasteiger partial charge in [-0.15, -0.1) is 0 Å². The van der Waals surface area contributed by atoms with Crippen molar-refractivity contribution in [2.24, 2.45) is 0 Å². The van der Waals surface area contributed by atoms with E-state index in [1.54, 1.807) is 19.2 Å². The third-order valence-electron chi connectivity index (χ3n) is 2.85. The monoisotopic (exact) mass is 298 g/mol. The van der Waals surface area contributed by atoms with Crippen molar-refractivity contribution in [3.8, 4) is 5.75 Å². The predicted molar refractivity (Wildman–Crippen MR) is 79.8 cm³/mol. The molecule has 0 heterocycles. The van der Waals surface area contributed by atoms with Crippen LogP contribution in [0.3, 0.4) is 0 Å². The van der Waals surface area contributed by atoms with Gasteiger partial charge in [0.1, 0.15) is 5.75 Å². The van der Waals surface area contributed by atoms with Crippen LogP contribution < -0.4 is 10.2 Å². The first-order valence-electron chi connectivity index (χ1n) is 6.86.